The third-order valence-electron chi connectivity index (χ3n) is 3.32. The van der Waals surface area contributed by atoms with Gasteiger partial charge >= 0.3 is 0 Å². The van der Waals surface area contributed by atoms with Crippen molar-refractivity contribution in [3.8, 4) is 0 Å². The average molecular weight is 313 g/mol. The second kappa shape index (κ2) is 5.99. The van der Waals surface area contributed by atoms with Gasteiger partial charge in [-0.1, -0.05) is 18.2 Å². The normalized spacial score (nSPS) is 10.5. The van der Waals surface area contributed by atoms with Crippen LogP contribution in [-0.2, 0) is 6.54 Å². The summed E-state index contributed by atoms with van der Waals surface area (Å²) in [5, 5.41) is 4.25. The highest BCUT2D eigenvalue weighted by Crippen LogP contribution is 2.30. The van der Waals surface area contributed by atoms with E-state index in [1.807, 2.05) is 42.5 Å². The number of nitrogens with zero attached hydrogens (tertiary/aromatic N) is 3. The molecular formula is C16H13ClN4O. The van der Waals surface area contributed by atoms with E-state index in [0.717, 1.165) is 22.2 Å². The summed E-state index contributed by atoms with van der Waals surface area (Å²) in [6.45, 7) is 0.587. The molecule has 0 aliphatic heterocycles. The zero-order valence-electron chi connectivity index (χ0n) is 11.6. The van der Waals surface area contributed by atoms with Crippen molar-refractivity contribution in [2.75, 3.05) is 5.32 Å². The molecule has 0 saturated heterocycles. The van der Waals surface area contributed by atoms with Crippen LogP contribution in [-0.4, -0.2) is 15.0 Å². The first-order valence-corrected chi connectivity index (χ1v) is 6.68. The molecule has 0 atom stereocenters. The summed E-state index contributed by atoms with van der Waals surface area (Å²) in [5.41, 5.74) is 3.26. The smallest absolute Gasteiger partial charge is 0.196 e. The van der Waals surface area contributed by atoms with Gasteiger partial charge in [-0.05, 0) is 24.3 Å². The topological polar surface area (TPSA) is 63.8 Å². The van der Waals surface area contributed by atoms with Gasteiger partial charge in [0.25, 0.3) is 0 Å². The minimum absolute atomic E-state index is 0. The summed E-state index contributed by atoms with van der Waals surface area (Å²) in [5.74, 6) is 0.682. The Kier molecular flexibility index (Phi) is 3.89. The van der Waals surface area contributed by atoms with Crippen molar-refractivity contribution in [2.24, 2.45) is 0 Å². The molecule has 3 heterocycles. The van der Waals surface area contributed by atoms with Crippen LogP contribution in [0.2, 0.25) is 0 Å². The Balaban J connectivity index is 0.00000144. The molecule has 4 rings (SSSR count). The fourth-order valence-electron chi connectivity index (χ4n) is 2.33. The summed E-state index contributed by atoms with van der Waals surface area (Å²) in [6.07, 6.45) is 3.32. The lowest BCUT2D eigenvalue weighted by molar-refractivity contribution is 0.666. The monoisotopic (exact) mass is 312 g/mol. The lowest BCUT2D eigenvalue weighted by Gasteiger charge is -2.04. The van der Waals surface area contributed by atoms with Crippen molar-refractivity contribution < 1.29 is 4.42 Å². The standard InChI is InChI=1S/C16H12N4O.ClH/c1-2-7-13-12(6-1)14-15(21-13)16(20-10-19-14)18-9-11-5-3-4-8-17-11;/h1-8,10H,9H2,(H,18,19,20);1H. The van der Waals surface area contributed by atoms with Crippen LogP contribution in [0.25, 0.3) is 22.1 Å². The van der Waals surface area contributed by atoms with Crippen molar-refractivity contribution in [3.05, 3.63) is 60.7 Å². The summed E-state index contributed by atoms with van der Waals surface area (Å²) in [6, 6.07) is 13.7. The Morgan fingerprint density at radius 1 is 0.955 bits per heavy atom. The predicted octanol–water partition coefficient (Wildman–Crippen LogP) is 3.80. The average Bonchev–Trinajstić information content (AvgIpc) is 2.93. The van der Waals surface area contributed by atoms with E-state index in [0.29, 0.717) is 17.9 Å². The number of aromatic nitrogens is 3. The van der Waals surface area contributed by atoms with Gasteiger partial charge in [-0.15, -0.1) is 12.4 Å². The zero-order valence-corrected chi connectivity index (χ0v) is 12.4. The number of hydrogen-bond donors (Lipinski definition) is 1. The summed E-state index contributed by atoms with van der Waals surface area (Å²) >= 11 is 0. The molecule has 3 aromatic heterocycles. The molecule has 5 nitrogen and oxygen atoms in total. The lowest BCUT2D eigenvalue weighted by atomic mass is 10.2. The van der Waals surface area contributed by atoms with Crippen LogP contribution in [0.5, 0.6) is 0 Å². The van der Waals surface area contributed by atoms with Crippen molar-refractivity contribution >= 4 is 40.3 Å². The first kappa shape index (κ1) is 14.3. The molecule has 110 valence electrons. The van der Waals surface area contributed by atoms with Crippen LogP contribution in [0, 0.1) is 0 Å². The first-order chi connectivity index (χ1) is 10.4. The van der Waals surface area contributed by atoms with Gasteiger partial charge < -0.3 is 9.73 Å². The number of para-hydroxylation sites is 1. The van der Waals surface area contributed by atoms with E-state index in [1.54, 1.807) is 12.5 Å². The highest BCUT2D eigenvalue weighted by atomic mass is 35.5. The maximum atomic E-state index is 5.86. The molecule has 0 aliphatic rings. The van der Waals surface area contributed by atoms with E-state index in [2.05, 4.69) is 20.3 Å². The summed E-state index contributed by atoms with van der Waals surface area (Å²) in [4.78, 5) is 12.9. The molecule has 0 radical (unpaired) electrons. The number of hydrogen-bond acceptors (Lipinski definition) is 5. The van der Waals surface area contributed by atoms with Gasteiger partial charge in [-0.25, -0.2) is 9.97 Å². The van der Waals surface area contributed by atoms with Crippen molar-refractivity contribution in [2.45, 2.75) is 6.54 Å². The summed E-state index contributed by atoms with van der Waals surface area (Å²) < 4.78 is 5.86. The number of halogens is 1. The van der Waals surface area contributed by atoms with Gasteiger partial charge in [-0.2, -0.15) is 0 Å². The predicted molar refractivity (Wildman–Crippen MR) is 88.1 cm³/mol. The largest absolute Gasteiger partial charge is 0.450 e. The molecule has 0 saturated carbocycles. The molecule has 22 heavy (non-hydrogen) atoms. The number of fused-ring (bicyclic) bond motifs is 3. The minimum Gasteiger partial charge on any atom is -0.450 e. The van der Waals surface area contributed by atoms with Crippen LogP contribution in [0.1, 0.15) is 5.69 Å². The minimum atomic E-state index is 0. The van der Waals surface area contributed by atoms with Crippen LogP contribution in [0.4, 0.5) is 5.82 Å². The van der Waals surface area contributed by atoms with Crippen molar-refractivity contribution in [1.82, 2.24) is 15.0 Å². The first-order valence-electron chi connectivity index (χ1n) is 6.68. The van der Waals surface area contributed by atoms with E-state index >= 15 is 0 Å². The van der Waals surface area contributed by atoms with E-state index in [-0.39, 0.29) is 12.4 Å². The van der Waals surface area contributed by atoms with Crippen LogP contribution in [0.15, 0.2) is 59.4 Å². The van der Waals surface area contributed by atoms with E-state index < -0.39 is 0 Å². The number of furan rings is 1. The number of benzene rings is 1. The number of rotatable bonds is 3. The maximum absolute atomic E-state index is 5.86. The summed E-state index contributed by atoms with van der Waals surface area (Å²) in [7, 11) is 0. The zero-order chi connectivity index (χ0) is 14.1. The van der Waals surface area contributed by atoms with Crippen LogP contribution >= 0.6 is 12.4 Å². The van der Waals surface area contributed by atoms with E-state index in [4.69, 9.17) is 4.42 Å². The SMILES string of the molecule is Cl.c1ccc(CNc2ncnc3c2oc2ccccc23)nc1. The highest BCUT2D eigenvalue weighted by molar-refractivity contribution is 6.05. The van der Waals surface area contributed by atoms with Gasteiger partial charge in [0.15, 0.2) is 11.4 Å². The molecule has 0 fully saturated rings. The van der Waals surface area contributed by atoms with Gasteiger partial charge in [0, 0.05) is 11.6 Å². The van der Waals surface area contributed by atoms with Gasteiger partial charge in [0.1, 0.15) is 17.4 Å². The molecule has 0 unspecified atom stereocenters. The Labute approximate surface area is 132 Å². The van der Waals surface area contributed by atoms with Gasteiger partial charge in [-0.3, -0.25) is 4.98 Å². The van der Waals surface area contributed by atoms with Crippen LogP contribution in [0.3, 0.4) is 0 Å². The maximum Gasteiger partial charge on any atom is 0.196 e. The molecule has 1 aromatic carbocycles. The van der Waals surface area contributed by atoms with Gasteiger partial charge in [0.2, 0.25) is 0 Å². The molecular weight excluding hydrogens is 300 g/mol. The molecule has 0 spiro atoms. The molecule has 0 amide bonds. The lowest BCUT2D eigenvalue weighted by Crippen LogP contribution is -2.03. The molecule has 0 aliphatic carbocycles. The molecule has 6 heteroatoms. The number of nitrogens with one attached hydrogen (secondary N) is 1. The van der Waals surface area contributed by atoms with E-state index in [9.17, 15) is 0 Å². The van der Waals surface area contributed by atoms with Crippen molar-refractivity contribution in [3.63, 3.8) is 0 Å². The third kappa shape index (κ3) is 2.46. The fraction of sp³-hybridized carbons (Fsp3) is 0.0625. The van der Waals surface area contributed by atoms with E-state index in [1.165, 1.54) is 0 Å². The Hall–Kier alpha value is -2.66. The Morgan fingerprint density at radius 3 is 2.68 bits per heavy atom. The fourth-order valence-corrected chi connectivity index (χ4v) is 2.33. The molecule has 4 aromatic rings. The van der Waals surface area contributed by atoms with Crippen molar-refractivity contribution in [1.29, 1.82) is 0 Å². The second-order valence-corrected chi connectivity index (χ2v) is 4.67. The van der Waals surface area contributed by atoms with Crippen LogP contribution < -0.4 is 5.32 Å². The molecule has 0 bridgehead atoms. The van der Waals surface area contributed by atoms with Gasteiger partial charge in [0.05, 0.1) is 12.2 Å². The second-order valence-electron chi connectivity index (χ2n) is 4.67. The third-order valence-corrected chi connectivity index (χ3v) is 3.32. The molecule has 1 N–H and O–H groups in total. The Morgan fingerprint density at radius 2 is 1.82 bits per heavy atom. The highest BCUT2D eigenvalue weighted by Gasteiger charge is 2.12. The Bertz CT molecular complexity index is 908. The number of anilines is 1. The quantitative estimate of drug-likeness (QED) is 0.623. The number of pyridine rings is 1.